The molecule has 0 saturated heterocycles. The molecule has 0 aromatic heterocycles. The third kappa shape index (κ3) is 30.1. The van der Waals surface area contributed by atoms with E-state index in [1.807, 2.05) is 29.6 Å². The van der Waals surface area contributed by atoms with E-state index in [2.05, 4.69) is 54.5 Å². The Labute approximate surface area is 414 Å². The Kier molecular flexibility index (Phi) is 29.5. The molecule has 0 bridgehead atoms. The molecule has 11 N–H and O–H groups in total. The number of carboxylic acid groups (broad SMARTS) is 4. The van der Waals surface area contributed by atoms with Crippen LogP contribution >= 0.6 is 22.6 Å². The largest absolute Gasteiger partial charge is 0.481 e. The summed E-state index contributed by atoms with van der Waals surface area (Å²) in [5.74, 6) is -9.13. The fraction of sp³-hybridized carbons (Fsp3) is 0.622. The highest BCUT2D eigenvalue weighted by Crippen LogP contribution is 2.12. The van der Waals surface area contributed by atoms with Gasteiger partial charge in [0.2, 0.25) is 23.6 Å². The van der Waals surface area contributed by atoms with Crippen molar-refractivity contribution in [3.63, 3.8) is 0 Å². The van der Waals surface area contributed by atoms with Gasteiger partial charge in [-0.15, -0.1) is 0 Å². The zero-order chi connectivity index (χ0) is 51.9. The summed E-state index contributed by atoms with van der Waals surface area (Å²) in [7, 11) is 0. The Morgan fingerprint density at radius 2 is 1.04 bits per heavy atom. The van der Waals surface area contributed by atoms with E-state index in [1.165, 1.54) is 0 Å². The van der Waals surface area contributed by atoms with Crippen molar-refractivity contribution in [2.24, 2.45) is 0 Å². The molecule has 7 amide bonds. The van der Waals surface area contributed by atoms with Crippen LogP contribution in [0.4, 0.5) is 9.59 Å². The number of ether oxygens (including phenoxy) is 1. The van der Waals surface area contributed by atoms with E-state index in [1.54, 1.807) is 20.8 Å². The van der Waals surface area contributed by atoms with E-state index in [0.717, 1.165) is 9.13 Å². The molecule has 69 heavy (non-hydrogen) atoms. The number of nitrogens with one attached hydrogen (secondary N) is 7. The van der Waals surface area contributed by atoms with E-state index >= 15 is 0 Å². The van der Waals surface area contributed by atoms with Gasteiger partial charge in [-0.1, -0.05) is 31.4 Å². The van der Waals surface area contributed by atoms with E-state index in [9.17, 15) is 68.1 Å². The van der Waals surface area contributed by atoms with Crippen molar-refractivity contribution in [1.82, 2.24) is 37.2 Å². The summed E-state index contributed by atoms with van der Waals surface area (Å²) in [6, 6.07) is 0.695. The predicted octanol–water partition coefficient (Wildman–Crippen LogP) is 2.75. The summed E-state index contributed by atoms with van der Waals surface area (Å²) in [6.45, 7) is 5.88. The molecule has 0 aliphatic heterocycles. The molecular weight excluding hydrogens is 1020 g/mol. The van der Waals surface area contributed by atoms with Gasteiger partial charge in [0.15, 0.2) is 0 Å². The minimum Gasteiger partial charge on any atom is -0.481 e. The van der Waals surface area contributed by atoms with Gasteiger partial charge in [0, 0.05) is 42.5 Å². The van der Waals surface area contributed by atoms with E-state index in [4.69, 9.17) is 9.84 Å². The number of benzene rings is 1. The summed E-state index contributed by atoms with van der Waals surface area (Å²) >= 11 is 2.16. The Morgan fingerprint density at radius 3 is 1.59 bits per heavy atom. The maximum absolute atomic E-state index is 13.6. The highest BCUT2D eigenvalue weighted by atomic mass is 127. The van der Waals surface area contributed by atoms with Crippen LogP contribution in [-0.4, -0.2) is 135 Å². The summed E-state index contributed by atoms with van der Waals surface area (Å²) in [5.41, 5.74) is 0.133. The lowest BCUT2D eigenvalue weighted by Crippen LogP contribution is -2.52. The lowest BCUT2D eigenvalue weighted by Gasteiger charge is -2.22. The first-order chi connectivity index (χ1) is 32.5. The number of urea groups is 1. The van der Waals surface area contributed by atoms with Gasteiger partial charge < -0.3 is 62.4 Å². The molecule has 386 valence electrons. The average Bonchev–Trinajstić information content (AvgIpc) is 3.25. The Morgan fingerprint density at radius 1 is 0.536 bits per heavy atom. The number of ketones is 1. The summed E-state index contributed by atoms with van der Waals surface area (Å²) in [6.07, 6.45) is 2.50. The van der Waals surface area contributed by atoms with Gasteiger partial charge in [-0.3, -0.25) is 28.8 Å². The molecule has 23 nitrogen and oxygen atoms in total. The second-order valence-electron chi connectivity index (χ2n) is 17.2. The highest BCUT2D eigenvalue weighted by Gasteiger charge is 2.30. The molecule has 0 saturated carbocycles. The number of hydrogen-bond acceptors (Lipinski definition) is 12. The van der Waals surface area contributed by atoms with Crippen molar-refractivity contribution in [3.05, 3.63) is 33.4 Å². The first-order valence-electron chi connectivity index (χ1n) is 22.8. The second kappa shape index (κ2) is 33.4. The van der Waals surface area contributed by atoms with Gasteiger partial charge in [0.25, 0.3) is 5.78 Å². The van der Waals surface area contributed by atoms with Crippen LogP contribution in [0.2, 0.25) is 0 Å². The predicted molar refractivity (Wildman–Crippen MR) is 256 cm³/mol. The number of Topliss-reactive ketones (excluding diaryl/α,β-unsaturated/α-hetero) is 1. The summed E-state index contributed by atoms with van der Waals surface area (Å²) < 4.78 is 6.26. The number of carbonyl (C=O) groups is 11. The van der Waals surface area contributed by atoms with Gasteiger partial charge in [0.1, 0.15) is 23.7 Å². The molecule has 0 radical (unpaired) electrons. The number of carbonyl (C=O) groups excluding carboxylic acids is 7. The number of unbranched alkanes of at least 4 members (excludes halogenated alkanes) is 6. The maximum Gasteiger partial charge on any atom is 0.407 e. The van der Waals surface area contributed by atoms with Crippen molar-refractivity contribution in [2.45, 2.75) is 160 Å². The Balaban J connectivity index is 2.64. The van der Waals surface area contributed by atoms with Crippen LogP contribution in [0.15, 0.2) is 24.3 Å². The van der Waals surface area contributed by atoms with E-state index in [-0.39, 0.29) is 64.1 Å². The molecule has 24 heteroatoms. The van der Waals surface area contributed by atoms with Crippen LogP contribution in [0.5, 0.6) is 0 Å². The number of halogens is 1. The van der Waals surface area contributed by atoms with Gasteiger partial charge >= 0.3 is 36.0 Å². The topological polar surface area (TPSA) is 362 Å². The fourth-order valence-electron chi connectivity index (χ4n) is 6.43. The Hall–Kier alpha value is -6.08. The zero-order valence-corrected chi connectivity index (χ0v) is 41.5. The Bertz CT molecular complexity index is 1890. The van der Waals surface area contributed by atoms with E-state index in [0.29, 0.717) is 57.8 Å². The zero-order valence-electron chi connectivity index (χ0n) is 39.3. The number of carboxylic acids is 4. The quantitative estimate of drug-likeness (QED) is 0.0264. The molecule has 0 fully saturated rings. The van der Waals surface area contributed by atoms with Crippen LogP contribution in [0.3, 0.4) is 0 Å². The van der Waals surface area contributed by atoms with Crippen LogP contribution < -0.4 is 37.2 Å². The minimum atomic E-state index is -1.74. The van der Waals surface area contributed by atoms with E-state index < -0.39 is 102 Å². The average molecular weight is 1090 g/mol. The smallest absolute Gasteiger partial charge is 0.407 e. The fourth-order valence-corrected chi connectivity index (χ4v) is 6.79. The van der Waals surface area contributed by atoms with Gasteiger partial charge in [0.05, 0.1) is 12.5 Å². The molecule has 1 aromatic rings. The number of amides is 7. The number of aliphatic carboxylic acids is 4. The third-order valence-corrected chi connectivity index (χ3v) is 10.7. The second-order valence-corrected chi connectivity index (χ2v) is 18.4. The van der Waals surface area contributed by atoms with Crippen LogP contribution in [0.25, 0.3) is 0 Å². The molecular formula is C45H68IN7O16. The van der Waals surface area contributed by atoms with Gasteiger partial charge in [-0.05, 0) is 125 Å². The first kappa shape index (κ1) is 60.9. The molecule has 0 heterocycles. The van der Waals surface area contributed by atoms with Crippen LogP contribution in [0.1, 0.15) is 129 Å². The van der Waals surface area contributed by atoms with Gasteiger partial charge in [-0.25, -0.2) is 24.0 Å². The SMILES string of the molecule is CC(C)(C)OC(=O)NCCCC[C@H](NC(=O)CCCCCCCNC(=O)CC[C@H](NC(=O)N[C@@H](CCC(=O)O)C(=O)O)C(=O)O)C(=O)N[C@@H](CCCCNC(=O)Cc1ccc(I)cc1)C(=O)C(=O)O. The van der Waals surface area contributed by atoms with Gasteiger partial charge in [-0.2, -0.15) is 0 Å². The third-order valence-electron chi connectivity index (χ3n) is 10.0. The molecule has 0 unspecified atom stereocenters. The highest BCUT2D eigenvalue weighted by molar-refractivity contribution is 14.1. The first-order valence-corrected chi connectivity index (χ1v) is 23.9. The van der Waals surface area contributed by atoms with Crippen molar-refractivity contribution in [1.29, 1.82) is 0 Å². The van der Waals surface area contributed by atoms with Crippen molar-refractivity contribution >= 4 is 88.0 Å². The monoisotopic (exact) mass is 1090 g/mol. The molecule has 1 aromatic carbocycles. The normalized spacial score (nSPS) is 12.7. The standard InChI is InChI=1S/C45H68IN7O16/c1-45(2,3)69-44(68)49-26-12-9-14-31(39(60)51-30(38(59)42(65)66)13-8-11-25-48-36(56)27-28-16-18-29(46)19-17-28)50-35(55)15-7-5-4-6-10-24-47-34(54)22-20-32(40(61)62)52-43(67)53-33(41(63)64)21-23-37(57)58/h16-19,30-33H,4-15,20-27H2,1-3H3,(H,47,54)(H,48,56)(H,49,68)(H,50,55)(H,51,60)(H,57,58)(H,61,62)(H,63,64)(H,65,66)(H2,52,53,67)/t30-,31-,32-,33-/m0/s1. The van der Waals surface area contributed by atoms with Crippen molar-refractivity contribution in [3.8, 4) is 0 Å². The number of rotatable bonds is 35. The van der Waals surface area contributed by atoms with Crippen LogP contribution in [0, 0.1) is 3.57 Å². The molecule has 0 aliphatic rings. The molecule has 0 spiro atoms. The summed E-state index contributed by atoms with van der Waals surface area (Å²) in [5, 5.41) is 54.2. The minimum absolute atomic E-state index is 0.0331. The molecule has 4 atom stereocenters. The lowest BCUT2D eigenvalue weighted by atomic mass is 10.0. The maximum atomic E-state index is 13.6. The van der Waals surface area contributed by atoms with Crippen molar-refractivity contribution in [2.75, 3.05) is 19.6 Å². The van der Waals surface area contributed by atoms with Crippen LogP contribution in [-0.2, 0) is 54.3 Å². The number of alkyl carbamates (subject to hydrolysis) is 1. The number of hydrogen-bond donors (Lipinski definition) is 11. The molecule has 1 rings (SSSR count). The van der Waals surface area contributed by atoms with Crippen molar-refractivity contribution < 1.29 is 77.9 Å². The lowest BCUT2D eigenvalue weighted by molar-refractivity contribution is -0.150. The summed E-state index contributed by atoms with van der Waals surface area (Å²) in [4.78, 5) is 134. The molecule has 0 aliphatic carbocycles.